The zero-order chi connectivity index (χ0) is 23.0. The number of amides is 2. The number of alkyl carbamates (subject to hydrolysis) is 1. The summed E-state index contributed by atoms with van der Waals surface area (Å²) in [5.41, 5.74) is 1.30. The van der Waals surface area contributed by atoms with Crippen LogP contribution in [0.3, 0.4) is 0 Å². The number of sulfonamides is 1. The molecule has 3 aromatic carbocycles. The van der Waals surface area contributed by atoms with Crippen LogP contribution >= 0.6 is 11.6 Å². The predicted octanol–water partition coefficient (Wildman–Crippen LogP) is 4.01. The van der Waals surface area contributed by atoms with Crippen LogP contribution < -0.4 is 15.4 Å². The minimum absolute atomic E-state index is 0.0644. The van der Waals surface area contributed by atoms with Crippen LogP contribution in [0.4, 0.5) is 16.2 Å². The number of hydrogen-bond acceptors (Lipinski definition) is 5. The van der Waals surface area contributed by atoms with E-state index in [1.54, 1.807) is 18.2 Å². The van der Waals surface area contributed by atoms with Crippen molar-refractivity contribution < 1.29 is 22.7 Å². The molecule has 0 spiro atoms. The van der Waals surface area contributed by atoms with E-state index in [9.17, 15) is 18.0 Å². The lowest BCUT2D eigenvalue weighted by atomic mass is 10.2. The zero-order valence-electron chi connectivity index (χ0n) is 16.7. The van der Waals surface area contributed by atoms with Gasteiger partial charge in [0.1, 0.15) is 13.2 Å². The number of halogens is 1. The highest BCUT2D eigenvalue weighted by Gasteiger charge is 2.16. The van der Waals surface area contributed by atoms with E-state index in [0.717, 1.165) is 5.56 Å². The maximum absolute atomic E-state index is 12.6. The molecule has 3 rings (SSSR count). The van der Waals surface area contributed by atoms with Crippen molar-refractivity contribution in [3.05, 3.63) is 89.4 Å². The monoisotopic (exact) mass is 473 g/mol. The van der Waals surface area contributed by atoms with Crippen molar-refractivity contribution in [2.75, 3.05) is 16.6 Å². The van der Waals surface area contributed by atoms with Gasteiger partial charge in [0.15, 0.2) is 0 Å². The number of anilines is 2. The summed E-state index contributed by atoms with van der Waals surface area (Å²) >= 11 is 6.01. The molecule has 3 aromatic rings. The molecule has 0 aliphatic heterocycles. The van der Waals surface area contributed by atoms with Gasteiger partial charge in [-0.15, -0.1) is 0 Å². The number of ether oxygens (including phenoxy) is 1. The second kappa shape index (κ2) is 10.7. The molecule has 0 aliphatic carbocycles. The Morgan fingerprint density at radius 1 is 0.906 bits per heavy atom. The van der Waals surface area contributed by atoms with Crippen LogP contribution in [0, 0.1) is 0 Å². The molecule has 0 heterocycles. The van der Waals surface area contributed by atoms with Crippen LogP contribution in [-0.2, 0) is 26.2 Å². The van der Waals surface area contributed by atoms with Crippen LogP contribution in [0.15, 0.2) is 83.8 Å². The minimum Gasteiger partial charge on any atom is -0.445 e. The molecule has 0 radical (unpaired) electrons. The molecule has 3 N–H and O–H groups in total. The third kappa shape index (κ3) is 6.73. The molecule has 0 bridgehead atoms. The number of para-hydroxylation sites is 1. The van der Waals surface area contributed by atoms with Crippen LogP contribution in [0.2, 0.25) is 5.02 Å². The van der Waals surface area contributed by atoms with Crippen molar-refractivity contribution in [2.24, 2.45) is 0 Å². The van der Waals surface area contributed by atoms with Crippen molar-refractivity contribution in [2.45, 2.75) is 11.5 Å². The van der Waals surface area contributed by atoms with E-state index in [1.807, 2.05) is 30.3 Å². The molecule has 0 fully saturated rings. The first-order valence-corrected chi connectivity index (χ1v) is 11.3. The van der Waals surface area contributed by atoms with E-state index in [-0.39, 0.29) is 34.4 Å². The summed E-state index contributed by atoms with van der Waals surface area (Å²) in [6, 6.07) is 21.2. The highest BCUT2D eigenvalue weighted by Crippen LogP contribution is 2.25. The molecule has 0 aromatic heterocycles. The van der Waals surface area contributed by atoms with Crippen molar-refractivity contribution in [3.63, 3.8) is 0 Å². The second-order valence-corrected chi connectivity index (χ2v) is 8.67. The lowest BCUT2D eigenvalue weighted by Crippen LogP contribution is -2.33. The molecule has 166 valence electrons. The summed E-state index contributed by atoms with van der Waals surface area (Å²) in [5.74, 6) is -0.546. The lowest BCUT2D eigenvalue weighted by molar-refractivity contribution is -0.115. The van der Waals surface area contributed by atoms with Gasteiger partial charge in [0.25, 0.3) is 10.0 Å². The Morgan fingerprint density at radius 3 is 2.38 bits per heavy atom. The topological polar surface area (TPSA) is 114 Å². The molecule has 0 unspecified atom stereocenters. The minimum atomic E-state index is -3.93. The molecule has 0 saturated heterocycles. The quantitative estimate of drug-likeness (QED) is 0.457. The number of rotatable bonds is 8. The fourth-order valence-electron chi connectivity index (χ4n) is 2.62. The number of carbonyl (C=O) groups excluding carboxylic acids is 2. The fourth-order valence-corrected chi connectivity index (χ4v) is 3.98. The first kappa shape index (κ1) is 23.1. The summed E-state index contributed by atoms with van der Waals surface area (Å²) in [7, 11) is -3.93. The fraction of sp³-hybridized carbons (Fsp3) is 0.0909. The highest BCUT2D eigenvalue weighted by atomic mass is 35.5. The smallest absolute Gasteiger partial charge is 0.407 e. The van der Waals surface area contributed by atoms with Crippen molar-refractivity contribution in [1.82, 2.24) is 5.32 Å². The second-order valence-electron chi connectivity index (χ2n) is 6.58. The predicted molar refractivity (Wildman–Crippen MR) is 122 cm³/mol. The average Bonchev–Trinajstić information content (AvgIpc) is 2.78. The van der Waals surface area contributed by atoms with Crippen LogP contribution in [-0.4, -0.2) is 27.0 Å². The van der Waals surface area contributed by atoms with Gasteiger partial charge in [-0.05, 0) is 35.9 Å². The molecule has 0 saturated carbocycles. The van der Waals surface area contributed by atoms with E-state index in [0.29, 0.717) is 0 Å². The van der Waals surface area contributed by atoms with E-state index < -0.39 is 22.0 Å². The van der Waals surface area contributed by atoms with E-state index in [2.05, 4.69) is 15.4 Å². The van der Waals surface area contributed by atoms with Gasteiger partial charge in [-0.25, -0.2) is 13.2 Å². The van der Waals surface area contributed by atoms with Crippen LogP contribution in [0.25, 0.3) is 0 Å². The maximum Gasteiger partial charge on any atom is 0.407 e. The molecule has 8 nitrogen and oxygen atoms in total. The molecule has 32 heavy (non-hydrogen) atoms. The van der Waals surface area contributed by atoms with Crippen LogP contribution in [0.1, 0.15) is 5.56 Å². The molecule has 10 heteroatoms. The van der Waals surface area contributed by atoms with Gasteiger partial charge < -0.3 is 15.4 Å². The Balaban J connectivity index is 1.54. The van der Waals surface area contributed by atoms with E-state index in [4.69, 9.17) is 16.3 Å². The summed E-state index contributed by atoms with van der Waals surface area (Å²) in [6.07, 6.45) is -0.746. The molecule has 0 atom stereocenters. The average molecular weight is 474 g/mol. The Kier molecular flexibility index (Phi) is 7.69. The van der Waals surface area contributed by atoms with Gasteiger partial charge in [0.2, 0.25) is 5.91 Å². The summed E-state index contributed by atoms with van der Waals surface area (Å²) in [4.78, 5) is 23.8. The lowest BCUT2D eigenvalue weighted by Gasteiger charge is -2.11. The van der Waals surface area contributed by atoms with E-state index >= 15 is 0 Å². The SMILES string of the molecule is O=C(CNC(=O)OCc1ccccc1)Nc1cccc(S(=O)(=O)Nc2ccccc2Cl)c1. The third-order valence-corrected chi connectivity index (χ3v) is 5.85. The number of nitrogens with one attached hydrogen (secondary N) is 3. The normalized spacial score (nSPS) is 10.8. The van der Waals surface area contributed by atoms with Gasteiger partial charge in [0, 0.05) is 5.69 Å². The van der Waals surface area contributed by atoms with Gasteiger partial charge >= 0.3 is 6.09 Å². The van der Waals surface area contributed by atoms with Crippen molar-refractivity contribution in [1.29, 1.82) is 0 Å². The third-order valence-electron chi connectivity index (χ3n) is 4.15. The molecule has 0 aliphatic rings. The van der Waals surface area contributed by atoms with Gasteiger partial charge in [-0.2, -0.15) is 0 Å². The highest BCUT2D eigenvalue weighted by molar-refractivity contribution is 7.92. The largest absolute Gasteiger partial charge is 0.445 e. The number of carbonyl (C=O) groups is 2. The zero-order valence-corrected chi connectivity index (χ0v) is 18.3. The molecule has 2 amide bonds. The van der Waals surface area contributed by atoms with Crippen molar-refractivity contribution in [3.8, 4) is 0 Å². The van der Waals surface area contributed by atoms with Crippen LogP contribution in [0.5, 0.6) is 0 Å². The molecular formula is C22H20ClN3O5S. The first-order valence-electron chi connectivity index (χ1n) is 9.45. The maximum atomic E-state index is 12.6. The van der Waals surface area contributed by atoms with Gasteiger partial charge in [-0.3, -0.25) is 9.52 Å². The molecular weight excluding hydrogens is 454 g/mol. The Bertz CT molecular complexity index is 1200. The summed E-state index contributed by atoms with van der Waals surface area (Å²) < 4.78 is 32.7. The van der Waals surface area contributed by atoms with E-state index in [1.165, 1.54) is 30.3 Å². The van der Waals surface area contributed by atoms with Gasteiger partial charge in [0.05, 0.1) is 15.6 Å². The first-order chi connectivity index (χ1) is 15.3. The Labute approximate surface area is 190 Å². The standard InChI is InChI=1S/C22H20ClN3O5S/c23-19-11-4-5-12-20(19)26-32(29,30)18-10-6-9-17(13-18)25-21(27)14-24-22(28)31-15-16-7-2-1-3-8-16/h1-13,26H,14-15H2,(H,24,28)(H,25,27). The number of benzene rings is 3. The summed E-state index contributed by atoms with van der Waals surface area (Å²) in [6.45, 7) is -0.269. The Hall–Kier alpha value is -3.56. The number of hydrogen-bond donors (Lipinski definition) is 3. The van der Waals surface area contributed by atoms with Crippen molar-refractivity contribution >= 4 is 45.0 Å². The Morgan fingerprint density at radius 2 is 1.62 bits per heavy atom. The van der Waals surface area contributed by atoms with Gasteiger partial charge in [-0.1, -0.05) is 60.1 Å². The summed E-state index contributed by atoms with van der Waals surface area (Å²) in [5, 5.41) is 5.12.